The number of nitrogens with zero attached hydrogens (tertiary/aromatic N) is 1. The van der Waals surface area contributed by atoms with Gasteiger partial charge in [0, 0.05) is 31.3 Å². The van der Waals surface area contributed by atoms with Crippen LogP contribution in [0.3, 0.4) is 0 Å². The Balaban J connectivity index is 2.11. The summed E-state index contributed by atoms with van der Waals surface area (Å²) in [7, 11) is 1.47. The second-order valence-corrected chi connectivity index (χ2v) is 4.99. The van der Waals surface area contributed by atoms with E-state index in [9.17, 15) is 13.6 Å². The molecule has 0 aromatic heterocycles. The highest BCUT2D eigenvalue weighted by atomic mass is 19.1. The van der Waals surface area contributed by atoms with E-state index in [4.69, 9.17) is 10.5 Å². The van der Waals surface area contributed by atoms with E-state index in [2.05, 4.69) is 0 Å². The summed E-state index contributed by atoms with van der Waals surface area (Å²) in [5.74, 6) is -1.55. The molecule has 1 aliphatic rings. The average molecular weight is 284 g/mol. The number of nitrogens with two attached hydrogens (primary N) is 1. The summed E-state index contributed by atoms with van der Waals surface area (Å²) in [5, 5.41) is 0. The zero-order chi connectivity index (χ0) is 14.7. The lowest BCUT2D eigenvalue weighted by Crippen LogP contribution is -2.46. The van der Waals surface area contributed by atoms with Gasteiger partial charge in [0.1, 0.15) is 17.7 Å². The topological polar surface area (TPSA) is 55.6 Å². The molecular formula is C14H18F2N2O2. The largest absolute Gasteiger partial charge is 0.383 e. The highest BCUT2D eigenvalue weighted by Crippen LogP contribution is 2.29. The number of rotatable bonds is 6. The Morgan fingerprint density at radius 2 is 2.20 bits per heavy atom. The molecule has 6 heteroatoms. The predicted molar refractivity (Wildman–Crippen MR) is 69.8 cm³/mol. The van der Waals surface area contributed by atoms with Gasteiger partial charge in [-0.3, -0.25) is 4.79 Å². The van der Waals surface area contributed by atoms with Gasteiger partial charge in [-0.2, -0.15) is 0 Å². The quantitative estimate of drug-likeness (QED) is 0.859. The number of carbonyl (C=O) groups excluding carboxylic acids is 1. The molecule has 0 radical (unpaired) electrons. The van der Waals surface area contributed by atoms with Crippen molar-refractivity contribution in [1.29, 1.82) is 0 Å². The molecule has 1 fully saturated rings. The van der Waals surface area contributed by atoms with Gasteiger partial charge in [-0.1, -0.05) is 6.07 Å². The lowest BCUT2D eigenvalue weighted by atomic mass is 10.1. The molecule has 0 heterocycles. The van der Waals surface area contributed by atoms with Crippen LogP contribution in [0.5, 0.6) is 0 Å². The summed E-state index contributed by atoms with van der Waals surface area (Å²) in [4.78, 5) is 13.8. The minimum atomic E-state index is -0.760. The van der Waals surface area contributed by atoms with Crippen LogP contribution in [0.4, 0.5) is 8.78 Å². The summed E-state index contributed by atoms with van der Waals surface area (Å²) < 4.78 is 31.4. The first-order valence-corrected chi connectivity index (χ1v) is 6.52. The molecule has 0 aliphatic heterocycles. The SMILES string of the molecule is COCC(N)C(=O)N(Cc1ccc(F)cc1F)C1CC1. The third-order valence-electron chi connectivity index (χ3n) is 3.29. The maximum atomic E-state index is 13.7. The maximum Gasteiger partial charge on any atom is 0.242 e. The van der Waals surface area contributed by atoms with Crippen LogP contribution < -0.4 is 5.73 Å². The highest BCUT2D eigenvalue weighted by molar-refractivity contribution is 5.82. The number of benzene rings is 1. The van der Waals surface area contributed by atoms with E-state index in [1.165, 1.54) is 19.2 Å². The van der Waals surface area contributed by atoms with Crippen molar-refractivity contribution < 1.29 is 18.3 Å². The Labute approximate surface area is 116 Å². The molecule has 110 valence electrons. The van der Waals surface area contributed by atoms with E-state index in [-0.39, 0.29) is 30.7 Å². The van der Waals surface area contributed by atoms with E-state index >= 15 is 0 Å². The van der Waals surface area contributed by atoms with Crippen molar-refractivity contribution in [3.8, 4) is 0 Å². The molecule has 20 heavy (non-hydrogen) atoms. The molecule has 4 nitrogen and oxygen atoms in total. The van der Waals surface area contributed by atoms with Crippen LogP contribution in [0.15, 0.2) is 18.2 Å². The fourth-order valence-electron chi connectivity index (χ4n) is 2.07. The van der Waals surface area contributed by atoms with Crippen LogP contribution in [-0.2, 0) is 16.1 Å². The van der Waals surface area contributed by atoms with Crippen LogP contribution in [0, 0.1) is 11.6 Å². The van der Waals surface area contributed by atoms with E-state index < -0.39 is 17.7 Å². The molecule has 1 amide bonds. The molecule has 1 saturated carbocycles. The van der Waals surface area contributed by atoms with Gasteiger partial charge in [0.15, 0.2) is 0 Å². The lowest BCUT2D eigenvalue weighted by Gasteiger charge is -2.25. The van der Waals surface area contributed by atoms with Gasteiger partial charge in [-0.05, 0) is 18.9 Å². The summed E-state index contributed by atoms with van der Waals surface area (Å²) in [6, 6.07) is 2.69. The first-order chi connectivity index (χ1) is 9.52. The van der Waals surface area contributed by atoms with Crippen molar-refractivity contribution in [3.63, 3.8) is 0 Å². The molecule has 1 atom stereocenters. The van der Waals surface area contributed by atoms with Crippen molar-refractivity contribution in [3.05, 3.63) is 35.4 Å². The number of amides is 1. The molecule has 0 bridgehead atoms. The van der Waals surface area contributed by atoms with Gasteiger partial charge in [-0.15, -0.1) is 0 Å². The molecule has 0 saturated heterocycles. The summed E-state index contributed by atoms with van der Waals surface area (Å²) in [6.07, 6.45) is 1.77. The van der Waals surface area contributed by atoms with Gasteiger partial charge in [0.05, 0.1) is 6.61 Å². The first kappa shape index (κ1) is 14.9. The Morgan fingerprint density at radius 3 is 2.75 bits per heavy atom. The number of hydrogen-bond acceptors (Lipinski definition) is 3. The zero-order valence-electron chi connectivity index (χ0n) is 11.3. The molecule has 2 N–H and O–H groups in total. The van der Waals surface area contributed by atoms with E-state index in [0.717, 1.165) is 18.9 Å². The first-order valence-electron chi connectivity index (χ1n) is 6.52. The van der Waals surface area contributed by atoms with Crippen molar-refractivity contribution in [2.24, 2.45) is 5.73 Å². The fraction of sp³-hybridized carbons (Fsp3) is 0.500. The molecule has 1 aliphatic carbocycles. The van der Waals surface area contributed by atoms with Gasteiger partial charge < -0.3 is 15.4 Å². The third-order valence-corrected chi connectivity index (χ3v) is 3.29. The van der Waals surface area contributed by atoms with Gasteiger partial charge in [0.25, 0.3) is 0 Å². The smallest absolute Gasteiger partial charge is 0.242 e. The maximum absolute atomic E-state index is 13.7. The van der Waals surface area contributed by atoms with E-state index in [0.29, 0.717) is 0 Å². The third kappa shape index (κ3) is 3.52. The van der Waals surface area contributed by atoms with Crippen molar-refractivity contribution in [2.45, 2.75) is 31.5 Å². The van der Waals surface area contributed by atoms with E-state index in [1.54, 1.807) is 4.90 Å². The minimum absolute atomic E-state index is 0.0925. The molecular weight excluding hydrogens is 266 g/mol. The molecule has 1 aromatic rings. The Bertz CT molecular complexity index is 492. The second kappa shape index (κ2) is 6.28. The Kier molecular flexibility index (Phi) is 4.67. The van der Waals surface area contributed by atoms with Crippen LogP contribution in [0.1, 0.15) is 18.4 Å². The molecule has 2 rings (SSSR count). The fourth-order valence-corrected chi connectivity index (χ4v) is 2.07. The summed E-state index contributed by atoms with van der Waals surface area (Å²) in [5.41, 5.74) is 6.03. The van der Waals surface area contributed by atoms with Crippen molar-refractivity contribution >= 4 is 5.91 Å². The monoisotopic (exact) mass is 284 g/mol. The second-order valence-electron chi connectivity index (χ2n) is 4.99. The standard InChI is InChI=1S/C14H18F2N2O2/c1-20-8-13(17)14(19)18(11-4-5-11)7-9-2-3-10(15)6-12(9)16/h2-3,6,11,13H,4-5,7-8,17H2,1H3. The number of ether oxygens (including phenoxy) is 1. The van der Waals surface area contributed by atoms with Crippen LogP contribution >= 0.6 is 0 Å². The van der Waals surface area contributed by atoms with Gasteiger partial charge in [-0.25, -0.2) is 8.78 Å². The molecule has 1 unspecified atom stereocenters. The average Bonchev–Trinajstić information content (AvgIpc) is 3.22. The van der Waals surface area contributed by atoms with Crippen molar-refractivity contribution in [2.75, 3.05) is 13.7 Å². The number of hydrogen-bond donors (Lipinski definition) is 1. The minimum Gasteiger partial charge on any atom is -0.383 e. The van der Waals surface area contributed by atoms with Crippen molar-refractivity contribution in [1.82, 2.24) is 4.90 Å². The number of methoxy groups -OCH3 is 1. The van der Waals surface area contributed by atoms with Gasteiger partial charge >= 0.3 is 0 Å². The van der Waals surface area contributed by atoms with Gasteiger partial charge in [0.2, 0.25) is 5.91 Å². The Morgan fingerprint density at radius 1 is 1.50 bits per heavy atom. The van der Waals surface area contributed by atoms with Crippen LogP contribution in [0.2, 0.25) is 0 Å². The van der Waals surface area contributed by atoms with Crippen LogP contribution in [0.25, 0.3) is 0 Å². The summed E-state index contributed by atoms with van der Waals surface area (Å²) in [6.45, 7) is 0.223. The van der Waals surface area contributed by atoms with E-state index in [1.807, 2.05) is 0 Å². The Hall–Kier alpha value is -1.53. The number of halogens is 2. The molecule has 1 aromatic carbocycles. The normalized spacial score (nSPS) is 16.0. The predicted octanol–water partition coefficient (Wildman–Crippen LogP) is 1.43. The number of carbonyl (C=O) groups is 1. The summed E-state index contributed by atoms with van der Waals surface area (Å²) >= 11 is 0. The highest BCUT2D eigenvalue weighted by Gasteiger charge is 2.35. The zero-order valence-corrected chi connectivity index (χ0v) is 11.3. The van der Waals surface area contributed by atoms with Crippen LogP contribution in [-0.4, -0.2) is 36.6 Å². The lowest BCUT2D eigenvalue weighted by molar-refractivity contribution is -0.135. The molecule has 0 spiro atoms.